The van der Waals surface area contributed by atoms with Crippen LogP contribution in [0.4, 0.5) is 13.2 Å². The molecule has 28 heavy (non-hydrogen) atoms. The van der Waals surface area contributed by atoms with E-state index < -0.39 is 12.8 Å². The number of benzene rings is 1. The summed E-state index contributed by atoms with van der Waals surface area (Å²) in [4.78, 5) is 6.47. The van der Waals surface area contributed by atoms with Crippen molar-refractivity contribution < 1.29 is 17.9 Å². The number of nitrogens with zero attached hydrogens (tertiary/aromatic N) is 2. The van der Waals surface area contributed by atoms with Crippen molar-refractivity contribution in [3.8, 4) is 0 Å². The van der Waals surface area contributed by atoms with Crippen molar-refractivity contribution in [3.63, 3.8) is 0 Å². The lowest BCUT2D eigenvalue weighted by Gasteiger charge is -2.18. The summed E-state index contributed by atoms with van der Waals surface area (Å²) >= 11 is 0. The number of aliphatic imine (C=N–C) groups is 1. The van der Waals surface area contributed by atoms with Gasteiger partial charge in [-0.25, -0.2) is 0 Å². The summed E-state index contributed by atoms with van der Waals surface area (Å²) in [7, 11) is 3.82. The summed E-state index contributed by atoms with van der Waals surface area (Å²) in [5, 5.41) is 6.50. The average Bonchev–Trinajstić information content (AvgIpc) is 2.62. The van der Waals surface area contributed by atoms with Gasteiger partial charge in [-0.2, -0.15) is 13.2 Å². The molecule has 0 radical (unpaired) electrons. The van der Waals surface area contributed by atoms with E-state index in [4.69, 9.17) is 0 Å². The Morgan fingerprint density at radius 1 is 1.11 bits per heavy atom. The maximum Gasteiger partial charge on any atom is 0.411 e. The van der Waals surface area contributed by atoms with Crippen molar-refractivity contribution >= 4 is 29.9 Å². The molecule has 0 unspecified atom stereocenters. The van der Waals surface area contributed by atoms with E-state index in [2.05, 4.69) is 39.2 Å². The quantitative estimate of drug-likeness (QED) is 0.267. The molecule has 1 rings (SSSR count). The molecular weight excluding hydrogens is 484 g/mol. The van der Waals surface area contributed by atoms with Gasteiger partial charge in [0.2, 0.25) is 0 Å². The normalized spacial score (nSPS) is 12.0. The van der Waals surface area contributed by atoms with Gasteiger partial charge in [-0.15, -0.1) is 24.0 Å². The van der Waals surface area contributed by atoms with Gasteiger partial charge < -0.3 is 20.3 Å². The lowest BCUT2D eigenvalue weighted by Crippen LogP contribution is -2.40. The van der Waals surface area contributed by atoms with E-state index in [1.54, 1.807) is 19.2 Å². The Balaban J connectivity index is 0.00000729. The molecule has 162 valence electrons. The molecule has 0 aromatic heterocycles. The van der Waals surface area contributed by atoms with Gasteiger partial charge in [-0.05, 0) is 31.1 Å². The van der Waals surface area contributed by atoms with E-state index in [1.807, 2.05) is 12.1 Å². The Labute approximate surface area is 183 Å². The summed E-state index contributed by atoms with van der Waals surface area (Å²) in [6.07, 6.45) is -1.91. The Kier molecular flexibility index (Phi) is 14.3. The van der Waals surface area contributed by atoms with Crippen LogP contribution in [0, 0.1) is 0 Å². The van der Waals surface area contributed by atoms with Crippen LogP contribution in [0.25, 0.3) is 0 Å². The fourth-order valence-corrected chi connectivity index (χ4v) is 2.35. The highest BCUT2D eigenvalue weighted by Gasteiger charge is 2.27. The molecule has 1 aromatic rings. The molecule has 0 spiro atoms. The first-order valence-corrected chi connectivity index (χ1v) is 9.19. The predicted molar refractivity (Wildman–Crippen MR) is 118 cm³/mol. The molecule has 0 heterocycles. The third-order valence-electron chi connectivity index (χ3n) is 3.92. The number of likely N-dealkylation sites (N-methyl/N-ethyl adjacent to an activating group) is 1. The van der Waals surface area contributed by atoms with Gasteiger partial charge in [-0.1, -0.05) is 37.6 Å². The first kappa shape index (κ1) is 26.9. The van der Waals surface area contributed by atoms with E-state index in [9.17, 15) is 13.2 Å². The van der Waals surface area contributed by atoms with E-state index in [-0.39, 0.29) is 30.6 Å². The third kappa shape index (κ3) is 13.2. The first-order chi connectivity index (χ1) is 12.8. The molecule has 0 saturated heterocycles. The van der Waals surface area contributed by atoms with E-state index in [1.165, 1.54) is 12.8 Å². The van der Waals surface area contributed by atoms with Gasteiger partial charge in [-0.3, -0.25) is 4.99 Å². The van der Waals surface area contributed by atoms with Gasteiger partial charge >= 0.3 is 6.18 Å². The Morgan fingerprint density at radius 3 is 2.32 bits per heavy atom. The van der Waals surface area contributed by atoms with Crippen LogP contribution >= 0.6 is 24.0 Å². The van der Waals surface area contributed by atoms with Crippen LogP contribution in [-0.4, -0.2) is 57.4 Å². The number of hydrogen-bond acceptors (Lipinski definition) is 3. The monoisotopic (exact) mass is 516 g/mol. The largest absolute Gasteiger partial charge is 0.411 e. The third-order valence-corrected chi connectivity index (χ3v) is 3.92. The molecule has 1 aromatic carbocycles. The predicted octanol–water partition coefficient (Wildman–Crippen LogP) is 3.78. The van der Waals surface area contributed by atoms with Crippen molar-refractivity contribution in [2.24, 2.45) is 4.99 Å². The average molecular weight is 516 g/mol. The van der Waals surface area contributed by atoms with Crippen molar-refractivity contribution in [1.82, 2.24) is 15.5 Å². The van der Waals surface area contributed by atoms with Crippen molar-refractivity contribution in [2.75, 3.05) is 40.3 Å². The van der Waals surface area contributed by atoms with Gasteiger partial charge in [0, 0.05) is 26.7 Å². The van der Waals surface area contributed by atoms with Crippen LogP contribution in [0.2, 0.25) is 0 Å². The molecular formula is C19H32F3IN4O. The molecule has 0 amide bonds. The Hall–Kier alpha value is -1.07. The molecule has 9 heteroatoms. The van der Waals surface area contributed by atoms with Crippen LogP contribution in [0.3, 0.4) is 0 Å². The Morgan fingerprint density at radius 2 is 1.75 bits per heavy atom. The maximum atomic E-state index is 12.1. The minimum absolute atomic E-state index is 0. The molecule has 0 aliphatic rings. The number of guanidine groups is 1. The molecule has 0 bridgehead atoms. The zero-order valence-electron chi connectivity index (χ0n) is 16.8. The van der Waals surface area contributed by atoms with Crippen LogP contribution in [-0.2, 0) is 17.9 Å². The highest BCUT2D eigenvalue weighted by Crippen LogP contribution is 2.15. The number of alkyl halides is 3. The van der Waals surface area contributed by atoms with Crippen molar-refractivity contribution in [1.29, 1.82) is 0 Å². The van der Waals surface area contributed by atoms with Gasteiger partial charge in [0.25, 0.3) is 0 Å². The van der Waals surface area contributed by atoms with E-state index in [0.717, 1.165) is 31.2 Å². The fraction of sp³-hybridized carbons (Fsp3) is 0.632. The maximum absolute atomic E-state index is 12.1. The lowest BCUT2D eigenvalue weighted by atomic mass is 10.1. The molecule has 2 N–H and O–H groups in total. The number of hydrogen-bond donors (Lipinski definition) is 2. The molecule has 0 saturated carbocycles. The topological polar surface area (TPSA) is 48.9 Å². The molecule has 5 nitrogen and oxygen atoms in total. The summed E-state index contributed by atoms with van der Waals surface area (Å²) in [6, 6.07) is 7.27. The fourth-order valence-electron chi connectivity index (χ4n) is 2.35. The standard InChI is InChI=1S/C19H31F3N4O.HI/c1-4-5-11-26(3)12-10-24-18(23-2)25-13-16-6-8-17(9-7-16)14-27-15-19(20,21)22;/h6-9H,4-5,10-15H2,1-3H3,(H2,23,24,25);1H. The van der Waals surface area contributed by atoms with Crippen LogP contribution in [0.5, 0.6) is 0 Å². The summed E-state index contributed by atoms with van der Waals surface area (Å²) in [6.45, 7) is 4.30. The highest BCUT2D eigenvalue weighted by molar-refractivity contribution is 14.0. The van der Waals surface area contributed by atoms with Crippen molar-refractivity contribution in [2.45, 2.75) is 39.1 Å². The molecule has 0 fully saturated rings. The van der Waals surface area contributed by atoms with Crippen LogP contribution < -0.4 is 10.6 Å². The second-order valence-corrected chi connectivity index (χ2v) is 6.43. The first-order valence-electron chi connectivity index (χ1n) is 9.19. The van der Waals surface area contributed by atoms with Crippen molar-refractivity contribution in [3.05, 3.63) is 35.4 Å². The second kappa shape index (κ2) is 14.9. The highest BCUT2D eigenvalue weighted by atomic mass is 127. The molecule has 0 aliphatic carbocycles. The number of halogens is 4. The zero-order chi connectivity index (χ0) is 20.1. The Bertz CT molecular complexity index is 553. The van der Waals surface area contributed by atoms with E-state index >= 15 is 0 Å². The summed E-state index contributed by atoms with van der Waals surface area (Å²) < 4.78 is 40.9. The number of rotatable bonds is 11. The number of nitrogens with one attached hydrogen (secondary N) is 2. The summed E-state index contributed by atoms with van der Waals surface area (Å²) in [5.74, 6) is 0.719. The number of ether oxygens (including phenoxy) is 1. The van der Waals surface area contributed by atoms with Gasteiger partial charge in [0.15, 0.2) is 5.96 Å². The molecule has 0 atom stereocenters. The minimum atomic E-state index is -4.29. The zero-order valence-corrected chi connectivity index (χ0v) is 19.1. The second-order valence-electron chi connectivity index (χ2n) is 6.43. The van der Waals surface area contributed by atoms with Crippen LogP contribution in [0.15, 0.2) is 29.3 Å². The summed E-state index contributed by atoms with van der Waals surface area (Å²) in [5.41, 5.74) is 1.72. The van der Waals surface area contributed by atoms with Crippen LogP contribution in [0.1, 0.15) is 30.9 Å². The number of unbranched alkanes of at least 4 members (excludes halogenated alkanes) is 1. The minimum Gasteiger partial charge on any atom is -0.367 e. The lowest BCUT2D eigenvalue weighted by molar-refractivity contribution is -0.176. The smallest absolute Gasteiger partial charge is 0.367 e. The molecule has 0 aliphatic heterocycles. The van der Waals surface area contributed by atoms with E-state index in [0.29, 0.717) is 12.1 Å². The van der Waals surface area contributed by atoms with Gasteiger partial charge in [0.05, 0.1) is 6.61 Å². The SMILES string of the molecule is CCCCN(C)CCNC(=NC)NCc1ccc(COCC(F)(F)F)cc1.I. The van der Waals surface area contributed by atoms with Gasteiger partial charge in [0.1, 0.15) is 6.61 Å².